The van der Waals surface area contributed by atoms with Crippen molar-refractivity contribution in [3.8, 4) is 0 Å². The molecule has 0 bridgehead atoms. The van der Waals surface area contributed by atoms with Crippen molar-refractivity contribution in [3.63, 3.8) is 0 Å². The fourth-order valence-corrected chi connectivity index (χ4v) is 3.31. The van der Waals surface area contributed by atoms with E-state index in [1.54, 1.807) is 0 Å². The molecule has 0 radical (unpaired) electrons. The summed E-state index contributed by atoms with van der Waals surface area (Å²) in [6.07, 6.45) is 1.64. The second kappa shape index (κ2) is 6.23. The molecular weight excluding hydrogens is 298 g/mol. The number of carbonyl (C=O) groups is 1. The Kier molecular flexibility index (Phi) is 4.32. The van der Waals surface area contributed by atoms with Gasteiger partial charge in [0.15, 0.2) is 0 Å². The summed E-state index contributed by atoms with van der Waals surface area (Å²) in [5, 5.41) is 1.85. The molecule has 0 saturated carbocycles. The summed E-state index contributed by atoms with van der Waals surface area (Å²) in [5.74, 6) is -0.171. The number of para-hydroxylation sites is 1. The lowest BCUT2D eigenvalue weighted by molar-refractivity contribution is -0.123. The summed E-state index contributed by atoms with van der Waals surface area (Å²) < 4.78 is 0. The van der Waals surface area contributed by atoms with Crippen LogP contribution >= 0.6 is 11.6 Å². The van der Waals surface area contributed by atoms with Crippen LogP contribution in [0.4, 0.5) is 0 Å². The lowest BCUT2D eigenvalue weighted by Crippen LogP contribution is -2.38. The molecule has 1 aliphatic heterocycles. The molecule has 0 unspecified atom stereocenters. The molecule has 2 heterocycles. The van der Waals surface area contributed by atoms with Crippen LogP contribution in [-0.4, -0.2) is 28.9 Å². The first-order valence-corrected chi connectivity index (χ1v) is 7.99. The van der Waals surface area contributed by atoms with E-state index in [0.717, 1.165) is 59.7 Å². The first-order chi connectivity index (χ1) is 10.6. The van der Waals surface area contributed by atoms with Gasteiger partial charge in [0.05, 0.1) is 16.2 Å². The van der Waals surface area contributed by atoms with Crippen molar-refractivity contribution in [2.24, 2.45) is 11.7 Å². The molecule has 2 aromatic rings. The van der Waals surface area contributed by atoms with E-state index >= 15 is 0 Å². The van der Waals surface area contributed by atoms with Gasteiger partial charge < -0.3 is 5.73 Å². The molecule has 116 valence electrons. The van der Waals surface area contributed by atoms with E-state index in [-0.39, 0.29) is 11.8 Å². The smallest absolute Gasteiger partial charge is 0.220 e. The van der Waals surface area contributed by atoms with Crippen molar-refractivity contribution < 1.29 is 4.79 Å². The van der Waals surface area contributed by atoms with Crippen molar-refractivity contribution in [3.05, 3.63) is 40.5 Å². The highest BCUT2D eigenvalue weighted by Crippen LogP contribution is 2.28. The van der Waals surface area contributed by atoms with Gasteiger partial charge in [-0.15, -0.1) is 0 Å². The number of halogens is 1. The number of pyridine rings is 1. The van der Waals surface area contributed by atoms with E-state index in [9.17, 15) is 4.79 Å². The quantitative estimate of drug-likeness (QED) is 0.947. The lowest BCUT2D eigenvalue weighted by atomic mass is 9.96. The average Bonchev–Trinajstić information content (AvgIpc) is 2.53. The number of hydrogen-bond acceptors (Lipinski definition) is 3. The van der Waals surface area contributed by atoms with Gasteiger partial charge in [0.2, 0.25) is 5.91 Å². The van der Waals surface area contributed by atoms with Gasteiger partial charge in [-0.05, 0) is 44.5 Å². The maximum atomic E-state index is 11.2. The van der Waals surface area contributed by atoms with E-state index in [1.165, 1.54) is 0 Å². The number of fused-ring (bicyclic) bond motifs is 1. The van der Waals surface area contributed by atoms with E-state index in [4.69, 9.17) is 22.3 Å². The third-order valence-corrected chi connectivity index (χ3v) is 5.01. The third-order valence-electron chi connectivity index (χ3n) is 4.51. The van der Waals surface area contributed by atoms with Gasteiger partial charge in [0, 0.05) is 17.8 Å². The summed E-state index contributed by atoms with van der Waals surface area (Å²) in [6.45, 7) is 4.47. The minimum absolute atomic E-state index is 0.0121. The largest absolute Gasteiger partial charge is 0.369 e. The molecule has 5 heteroatoms. The number of nitrogens with two attached hydrogens (primary N) is 1. The van der Waals surface area contributed by atoms with Crippen LogP contribution in [0.1, 0.15) is 24.1 Å². The van der Waals surface area contributed by atoms with Crippen LogP contribution in [0.15, 0.2) is 24.3 Å². The van der Waals surface area contributed by atoms with E-state index < -0.39 is 0 Å². The molecule has 1 amide bonds. The summed E-state index contributed by atoms with van der Waals surface area (Å²) in [6, 6.07) is 8.06. The van der Waals surface area contributed by atoms with Crippen LogP contribution in [-0.2, 0) is 11.3 Å². The maximum absolute atomic E-state index is 11.2. The Labute approximate surface area is 135 Å². The number of piperidine rings is 1. The van der Waals surface area contributed by atoms with Crippen molar-refractivity contribution in [2.75, 3.05) is 13.1 Å². The Hall–Kier alpha value is -1.65. The highest BCUT2D eigenvalue weighted by Gasteiger charge is 2.24. The second-order valence-corrected chi connectivity index (χ2v) is 6.35. The standard InChI is InChI=1S/C17H20ClN3O/c1-11-13-4-2-3-5-14(13)20-15(16(11)18)10-21-8-6-12(7-9-21)17(19)22/h2-5,12H,6-10H2,1H3,(H2,19,22). The summed E-state index contributed by atoms with van der Waals surface area (Å²) in [7, 11) is 0. The Bertz CT molecular complexity index is 708. The Morgan fingerprint density at radius 2 is 2.05 bits per heavy atom. The predicted molar refractivity (Wildman–Crippen MR) is 88.7 cm³/mol. The van der Waals surface area contributed by atoms with Gasteiger partial charge in [-0.3, -0.25) is 9.69 Å². The van der Waals surface area contributed by atoms with Gasteiger partial charge in [-0.25, -0.2) is 4.98 Å². The molecule has 1 aromatic heterocycles. The average molecular weight is 318 g/mol. The number of rotatable bonds is 3. The molecule has 0 spiro atoms. The van der Waals surface area contributed by atoms with Crippen molar-refractivity contribution >= 4 is 28.4 Å². The van der Waals surface area contributed by atoms with Crippen molar-refractivity contribution in [1.29, 1.82) is 0 Å². The van der Waals surface area contributed by atoms with Gasteiger partial charge in [0.1, 0.15) is 0 Å². The Morgan fingerprint density at radius 1 is 1.36 bits per heavy atom. The number of hydrogen-bond donors (Lipinski definition) is 1. The number of likely N-dealkylation sites (tertiary alicyclic amines) is 1. The molecule has 1 fully saturated rings. The van der Waals surface area contributed by atoms with Gasteiger partial charge in [-0.1, -0.05) is 29.8 Å². The second-order valence-electron chi connectivity index (χ2n) is 5.97. The highest BCUT2D eigenvalue weighted by molar-refractivity contribution is 6.32. The zero-order chi connectivity index (χ0) is 15.7. The van der Waals surface area contributed by atoms with Crippen LogP contribution in [0, 0.1) is 12.8 Å². The summed E-state index contributed by atoms with van der Waals surface area (Å²) >= 11 is 6.51. The minimum atomic E-state index is -0.183. The summed E-state index contributed by atoms with van der Waals surface area (Å²) in [4.78, 5) is 18.2. The third kappa shape index (κ3) is 2.94. The topological polar surface area (TPSA) is 59.2 Å². The molecular formula is C17H20ClN3O. The first-order valence-electron chi connectivity index (χ1n) is 7.61. The Balaban J connectivity index is 1.80. The van der Waals surface area contributed by atoms with Crippen LogP contribution in [0.3, 0.4) is 0 Å². The minimum Gasteiger partial charge on any atom is -0.369 e. The fourth-order valence-electron chi connectivity index (χ4n) is 3.11. The Morgan fingerprint density at radius 3 is 2.73 bits per heavy atom. The fraction of sp³-hybridized carbons (Fsp3) is 0.412. The van der Waals surface area contributed by atoms with E-state index in [2.05, 4.69) is 4.90 Å². The molecule has 1 aromatic carbocycles. The molecule has 1 saturated heterocycles. The molecule has 22 heavy (non-hydrogen) atoms. The number of primary amides is 1. The normalized spacial score (nSPS) is 17.0. The molecule has 0 aliphatic carbocycles. The number of aryl methyl sites for hydroxylation is 1. The van der Waals surface area contributed by atoms with Crippen LogP contribution in [0.25, 0.3) is 10.9 Å². The predicted octanol–water partition coefficient (Wildman–Crippen LogP) is 2.89. The molecule has 2 N–H and O–H groups in total. The van der Waals surface area contributed by atoms with Gasteiger partial charge >= 0.3 is 0 Å². The summed E-state index contributed by atoms with van der Waals surface area (Å²) in [5.41, 5.74) is 8.35. The number of amides is 1. The number of benzene rings is 1. The van der Waals surface area contributed by atoms with Crippen molar-refractivity contribution in [1.82, 2.24) is 9.88 Å². The number of carbonyl (C=O) groups excluding carboxylic acids is 1. The maximum Gasteiger partial charge on any atom is 0.220 e. The zero-order valence-electron chi connectivity index (χ0n) is 12.7. The highest BCUT2D eigenvalue weighted by atomic mass is 35.5. The number of aromatic nitrogens is 1. The lowest BCUT2D eigenvalue weighted by Gasteiger charge is -2.30. The van der Waals surface area contributed by atoms with Crippen molar-refractivity contribution in [2.45, 2.75) is 26.3 Å². The molecule has 4 nitrogen and oxygen atoms in total. The van der Waals surface area contributed by atoms with Crippen LogP contribution in [0.5, 0.6) is 0 Å². The van der Waals surface area contributed by atoms with E-state index in [1.807, 2.05) is 31.2 Å². The molecule has 1 aliphatic rings. The van der Waals surface area contributed by atoms with Gasteiger partial charge in [0.25, 0.3) is 0 Å². The van der Waals surface area contributed by atoms with Gasteiger partial charge in [-0.2, -0.15) is 0 Å². The molecule has 0 atom stereocenters. The van der Waals surface area contributed by atoms with Crippen LogP contribution < -0.4 is 5.73 Å². The van der Waals surface area contributed by atoms with Crippen LogP contribution in [0.2, 0.25) is 5.02 Å². The molecule has 3 rings (SSSR count). The SMILES string of the molecule is Cc1c(Cl)c(CN2CCC(C(N)=O)CC2)nc2ccccc12. The first kappa shape index (κ1) is 15.3. The monoisotopic (exact) mass is 317 g/mol. The zero-order valence-corrected chi connectivity index (χ0v) is 13.4. The van der Waals surface area contributed by atoms with E-state index in [0.29, 0.717) is 0 Å². The number of nitrogens with zero attached hydrogens (tertiary/aromatic N) is 2.